The lowest BCUT2D eigenvalue weighted by molar-refractivity contribution is -0.118. The van der Waals surface area contributed by atoms with Gasteiger partial charge in [0.05, 0.1) is 17.7 Å². The number of carbonyl (C=O) groups is 3. The van der Waals surface area contributed by atoms with Gasteiger partial charge in [-0.05, 0) is 12.1 Å². The van der Waals surface area contributed by atoms with Crippen LogP contribution in [-0.4, -0.2) is 29.4 Å². The fourth-order valence-electron chi connectivity index (χ4n) is 1.11. The highest BCUT2D eigenvalue weighted by molar-refractivity contribution is 6.10. The van der Waals surface area contributed by atoms with E-state index in [2.05, 4.69) is 0 Å². The van der Waals surface area contributed by atoms with Crippen LogP contribution in [0.4, 0.5) is 0 Å². The molecule has 1 aromatic rings. The molecule has 84 valence electrons. The number of nitrogens with two attached hydrogens (primary N) is 1. The third-order valence-corrected chi connectivity index (χ3v) is 1.84. The molecule has 0 atom stereocenters. The summed E-state index contributed by atoms with van der Waals surface area (Å²) in [5.41, 5.74) is 4.78. The normalized spacial score (nSPS) is 9.56. The van der Waals surface area contributed by atoms with Crippen LogP contribution >= 0.6 is 0 Å². The number of carboxylic acids is 1. The number of nitrogens with one attached hydrogen (secondary N) is 1. The zero-order valence-corrected chi connectivity index (χ0v) is 8.27. The molecule has 4 N–H and O–H groups in total. The maximum atomic E-state index is 11.5. The molecule has 6 nitrogen and oxygen atoms in total. The molecule has 2 amide bonds. The second-order valence-corrected chi connectivity index (χ2v) is 2.93. The molecule has 0 aliphatic heterocycles. The predicted molar refractivity (Wildman–Crippen MR) is 54.9 cm³/mol. The van der Waals surface area contributed by atoms with E-state index in [1.54, 1.807) is 0 Å². The minimum atomic E-state index is -1.23. The van der Waals surface area contributed by atoms with Crippen LogP contribution in [0.5, 0.6) is 0 Å². The summed E-state index contributed by atoms with van der Waals surface area (Å²) >= 11 is 0. The van der Waals surface area contributed by atoms with Crippen LogP contribution < -0.4 is 11.1 Å². The van der Waals surface area contributed by atoms with E-state index in [0.29, 0.717) is 0 Å². The Morgan fingerprint density at radius 2 is 1.75 bits per heavy atom. The Morgan fingerprint density at radius 3 is 2.25 bits per heavy atom. The van der Waals surface area contributed by atoms with Crippen molar-refractivity contribution in [3.8, 4) is 0 Å². The third-order valence-electron chi connectivity index (χ3n) is 1.84. The summed E-state index contributed by atoms with van der Waals surface area (Å²) in [6, 6.07) is 5.60. The van der Waals surface area contributed by atoms with Gasteiger partial charge in [0, 0.05) is 0 Å². The summed E-state index contributed by atoms with van der Waals surface area (Å²) in [5.74, 6) is -2.66. The average molecular weight is 222 g/mol. The standard InChI is InChI=1S/C10H10N2O4/c11-5-8(13)12-9(14)6-3-1-2-4-7(6)10(15)16/h1-4H,5,11H2,(H,15,16)(H,12,13,14). The molecule has 0 heterocycles. The molecule has 1 rings (SSSR count). The zero-order chi connectivity index (χ0) is 12.1. The largest absolute Gasteiger partial charge is 0.478 e. The molecular weight excluding hydrogens is 212 g/mol. The highest BCUT2D eigenvalue weighted by Crippen LogP contribution is 2.08. The number of hydrogen-bond acceptors (Lipinski definition) is 4. The Labute approximate surface area is 91.1 Å². The van der Waals surface area contributed by atoms with Crippen molar-refractivity contribution in [1.29, 1.82) is 0 Å². The molecule has 16 heavy (non-hydrogen) atoms. The van der Waals surface area contributed by atoms with Gasteiger partial charge in [0.15, 0.2) is 0 Å². The molecule has 6 heteroatoms. The van der Waals surface area contributed by atoms with Crippen LogP contribution in [-0.2, 0) is 4.79 Å². The Morgan fingerprint density at radius 1 is 1.19 bits per heavy atom. The molecule has 0 radical (unpaired) electrons. The summed E-state index contributed by atoms with van der Waals surface area (Å²) in [7, 11) is 0. The number of benzene rings is 1. The summed E-state index contributed by atoms with van der Waals surface area (Å²) < 4.78 is 0. The van der Waals surface area contributed by atoms with Crippen molar-refractivity contribution < 1.29 is 19.5 Å². The van der Waals surface area contributed by atoms with E-state index in [9.17, 15) is 14.4 Å². The van der Waals surface area contributed by atoms with Crippen LogP contribution in [0.3, 0.4) is 0 Å². The number of amides is 2. The SMILES string of the molecule is NCC(=O)NC(=O)c1ccccc1C(=O)O. The summed E-state index contributed by atoms with van der Waals surface area (Å²) in [6.07, 6.45) is 0. The van der Waals surface area contributed by atoms with Gasteiger partial charge < -0.3 is 10.8 Å². The smallest absolute Gasteiger partial charge is 0.336 e. The molecule has 0 fully saturated rings. The number of rotatable bonds is 3. The topological polar surface area (TPSA) is 109 Å². The lowest BCUT2D eigenvalue weighted by Crippen LogP contribution is -2.36. The van der Waals surface area contributed by atoms with Crippen LogP contribution in [0.2, 0.25) is 0 Å². The molecule has 0 aliphatic rings. The van der Waals surface area contributed by atoms with Gasteiger partial charge in [-0.1, -0.05) is 12.1 Å². The van der Waals surface area contributed by atoms with Crippen LogP contribution in [0.25, 0.3) is 0 Å². The third kappa shape index (κ3) is 2.64. The van der Waals surface area contributed by atoms with Gasteiger partial charge in [-0.25, -0.2) is 4.79 Å². The van der Waals surface area contributed by atoms with E-state index in [0.717, 1.165) is 0 Å². The maximum Gasteiger partial charge on any atom is 0.336 e. The van der Waals surface area contributed by atoms with E-state index < -0.39 is 17.8 Å². The minimum absolute atomic E-state index is 0.0724. The van der Waals surface area contributed by atoms with Gasteiger partial charge in [0.25, 0.3) is 5.91 Å². The van der Waals surface area contributed by atoms with Gasteiger partial charge in [-0.2, -0.15) is 0 Å². The highest BCUT2D eigenvalue weighted by Gasteiger charge is 2.16. The number of imide groups is 1. The molecule has 0 spiro atoms. The molecule has 0 unspecified atom stereocenters. The average Bonchev–Trinajstić information content (AvgIpc) is 2.28. The Bertz CT molecular complexity index is 442. The first-order chi connectivity index (χ1) is 7.56. The van der Waals surface area contributed by atoms with Crippen molar-refractivity contribution in [2.24, 2.45) is 5.73 Å². The highest BCUT2D eigenvalue weighted by atomic mass is 16.4. The van der Waals surface area contributed by atoms with Gasteiger partial charge in [0.1, 0.15) is 0 Å². The number of hydrogen-bond donors (Lipinski definition) is 3. The first-order valence-corrected chi connectivity index (χ1v) is 4.43. The van der Waals surface area contributed by atoms with Crippen molar-refractivity contribution in [3.05, 3.63) is 35.4 Å². The fourth-order valence-corrected chi connectivity index (χ4v) is 1.11. The summed E-state index contributed by atoms with van der Waals surface area (Å²) in [5, 5.41) is 10.8. The van der Waals surface area contributed by atoms with Crippen LogP contribution in [0.15, 0.2) is 24.3 Å². The molecule has 0 saturated carbocycles. The van der Waals surface area contributed by atoms with Crippen molar-refractivity contribution >= 4 is 17.8 Å². The van der Waals surface area contributed by atoms with E-state index >= 15 is 0 Å². The molecule has 0 bridgehead atoms. The lowest BCUT2D eigenvalue weighted by Gasteiger charge is -2.05. The van der Waals surface area contributed by atoms with Gasteiger partial charge >= 0.3 is 5.97 Å². The minimum Gasteiger partial charge on any atom is -0.478 e. The van der Waals surface area contributed by atoms with Crippen molar-refractivity contribution in [2.75, 3.05) is 6.54 Å². The second-order valence-electron chi connectivity index (χ2n) is 2.93. The Hall–Kier alpha value is -2.21. The Balaban J connectivity index is 2.99. The van der Waals surface area contributed by atoms with E-state index in [1.165, 1.54) is 24.3 Å². The van der Waals surface area contributed by atoms with E-state index in [-0.39, 0.29) is 17.7 Å². The first kappa shape index (κ1) is 11.9. The molecular formula is C10H10N2O4. The molecule has 1 aromatic carbocycles. The number of carbonyl (C=O) groups excluding carboxylic acids is 2. The zero-order valence-electron chi connectivity index (χ0n) is 8.27. The van der Waals surface area contributed by atoms with E-state index in [1.807, 2.05) is 5.32 Å². The van der Waals surface area contributed by atoms with Gasteiger partial charge in [0.2, 0.25) is 5.91 Å². The van der Waals surface area contributed by atoms with Crippen molar-refractivity contribution in [2.45, 2.75) is 0 Å². The van der Waals surface area contributed by atoms with Crippen molar-refractivity contribution in [1.82, 2.24) is 5.32 Å². The predicted octanol–water partition coefficient (Wildman–Crippen LogP) is -0.400. The first-order valence-electron chi connectivity index (χ1n) is 4.43. The lowest BCUT2D eigenvalue weighted by atomic mass is 10.1. The molecule has 0 saturated heterocycles. The van der Waals surface area contributed by atoms with E-state index in [4.69, 9.17) is 10.8 Å². The summed E-state index contributed by atoms with van der Waals surface area (Å²) in [4.78, 5) is 33.2. The monoisotopic (exact) mass is 222 g/mol. The van der Waals surface area contributed by atoms with Gasteiger partial charge in [-0.15, -0.1) is 0 Å². The van der Waals surface area contributed by atoms with Crippen molar-refractivity contribution in [3.63, 3.8) is 0 Å². The maximum absolute atomic E-state index is 11.5. The number of aromatic carboxylic acids is 1. The molecule has 0 aromatic heterocycles. The van der Waals surface area contributed by atoms with Gasteiger partial charge in [-0.3, -0.25) is 14.9 Å². The van der Waals surface area contributed by atoms with Crippen LogP contribution in [0, 0.1) is 0 Å². The second kappa shape index (κ2) is 5.04. The Kier molecular flexibility index (Phi) is 3.73. The summed E-state index contributed by atoms with van der Waals surface area (Å²) in [6.45, 7) is -0.332. The number of carboxylic acid groups (broad SMARTS) is 1. The molecule has 0 aliphatic carbocycles. The fraction of sp³-hybridized carbons (Fsp3) is 0.100. The quantitative estimate of drug-likeness (QED) is 0.644. The van der Waals surface area contributed by atoms with Crippen LogP contribution in [0.1, 0.15) is 20.7 Å².